The van der Waals surface area contributed by atoms with Crippen molar-refractivity contribution in [1.29, 1.82) is 0 Å². The van der Waals surface area contributed by atoms with Crippen LogP contribution in [0.15, 0.2) is 18.2 Å². The van der Waals surface area contributed by atoms with Crippen LogP contribution in [0.3, 0.4) is 0 Å². The van der Waals surface area contributed by atoms with Crippen LogP contribution in [0.25, 0.3) is 0 Å². The SMILES string of the molecule is C[C@@H]1CN(C(=O)N2CCC(C(=O)O)c3ccc(F)cc32)C[C@H](C)O1. The van der Waals surface area contributed by atoms with Crippen LogP contribution >= 0.6 is 0 Å². The fourth-order valence-electron chi connectivity index (χ4n) is 3.54. The Bertz CT molecular complexity index is 656. The van der Waals surface area contributed by atoms with Crippen LogP contribution in [0.4, 0.5) is 14.9 Å². The normalized spacial score (nSPS) is 26.9. The van der Waals surface area contributed by atoms with E-state index >= 15 is 0 Å². The minimum atomic E-state index is -0.955. The number of carboxylic acid groups (broad SMARTS) is 1. The molecule has 2 amide bonds. The summed E-state index contributed by atoms with van der Waals surface area (Å²) in [7, 11) is 0. The van der Waals surface area contributed by atoms with Gasteiger partial charge in [0.05, 0.1) is 23.8 Å². The van der Waals surface area contributed by atoms with Gasteiger partial charge in [-0.3, -0.25) is 9.69 Å². The summed E-state index contributed by atoms with van der Waals surface area (Å²) >= 11 is 0. The number of carbonyl (C=O) groups excluding carboxylic acids is 1. The van der Waals surface area contributed by atoms with Crippen LogP contribution in [0.1, 0.15) is 31.7 Å². The van der Waals surface area contributed by atoms with Crippen LogP contribution in [-0.2, 0) is 9.53 Å². The molecule has 130 valence electrons. The van der Waals surface area contributed by atoms with Gasteiger partial charge in [-0.25, -0.2) is 9.18 Å². The third kappa shape index (κ3) is 3.08. The van der Waals surface area contributed by atoms with E-state index in [-0.39, 0.29) is 24.8 Å². The molecule has 0 bridgehead atoms. The highest BCUT2D eigenvalue weighted by atomic mass is 19.1. The Balaban J connectivity index is 1.91. The molecule has 7 heteroatoms. The smallest absolute Gasteiger partial charge is 0.324 e. The molecule has 0 aliphatic carbocycles. The highest BCUT2D eigenvalue weighted by Crippen LogP contribution is 2.36. The van der Waals surface area contributed by atoms with Crippen molar-refractivity contribution in [2.45, 2.75) is 38.4 Å². The van der Waals surface area contributed by atoms with Gasteiger partial charge < -0.3 is 14.7 Å². The average molecular weight is 336 g/mol. The number of nitrogens with zero attached hydrogens (tertiary/aromatic N) is 2. The molecule has 2 heterocycles. The number of anilines is 1. The second-order valence-corrected chi connectivity index (χ2v) is 6.48. The number of halogens is 1. The highest BCUT2D eigenvalue weighted by Gasteiger charge is 2.36. The number of carboxylic acids is 1. The van der Waals surface area contributed by atoms with Crippen molar-refractivity contribution in [3.8, 4) is 0 Å². The summed E-state index contributed by atoms with van der Waals surface area (Å²) in [6.45, 7) is 4.99. The van der Waals surface area contributed by atoms with Gasteiger partial charge >= 0.3 is 12.0 Å². The predicted molar refractivity (Wildman–Crippen MR) is 85.7 cm³/mol. The van der Waals surface area contributed by atoms with Crippen molar-refractivity contribution in [1.82, 2.24) is 4.90 Å². The van der Waals surface area contributed by atoms with Gasteiger partial charge in [0.1, 0.15) is 5.82 Å². The number of benzene rings is 1. The van der Waals surface area contributed by atoms with Gasteiger partial charge in [-0.1, -0.05) is 6.07 Å². The molecule has 24 heavy (non-hydrogen) atoms. The Labute approximate surface area is 139 Å². The Hall–Kier alpha value is -2.15. The fourth-order valence-corrected chi connectivity index (χ4v) is 3.54. The average Bonchev–Trinajstić information content (AvgIpc) is 2.51. The maximum Gasteiger partial charge on any atom is 0.324 e. The molecule has 0 aromatic heterocycles. The Morgan fingerprint density at radius 2 is 1.92 bits per heavy atom. The van der Waals surface area contributed by atoms with Crippen LogP contribution in [-0.4, -0.2) is 53.8 Å². The molecule has 1 unspecified atom stereocenters. The number of carbonyl (C=O) groups is 2. The Morgan fingerprint density at radius 3 is 2.54 bits per heavy atom. The lowest BCUT2D eigenvalue weighted by atomic mass is 9.90. The molecule has 1 saturated heterocycles. The lowest BCUT2D eigenvalue weighted by Gasteiger charge is -2.40. The topological polar surface area (TPSA) is 70.1 Å². The molecule has 0 saturated carbocycles. The summed E-state index contributed by atoms with van der Waals surface area (Å²) in [6.07, 6.45) is 0.178. The molecule has 1 fully saturated rings. The lowest BCUT2D eigenvalue weighted by Crippen LogP contribution is -2.54. The molecule has 1 N–H and O–H groups in total. The molecule has 0 radical (unpaired) electrons. The first-order chi connectivity index (χ1) is 11.4. The largest absolute Gasteiger partial charge is 0.481 e. The summed E-state index contributed by atoms with van der Waals surface area (Å²) < 4.78 is 19.3. The van der Waals surface area contributed by atoms with Crippen LogP contribution in [0.5, 0.6) is 0 Å². The second-order valence-electron chi connectivity index (χ2n) is 6.48. The summed E-state index contributed by atoms with van der Waals surface area (Å²) in [5, 5.41) is 9.37. The molecule has 2 aliphatic rings. The van der Waals surface area contributed by atoms with Crippen molar-refractivity contribution >= 4 is 17.7 Å². The molecule has 0 spiro atoms. The number of amides is 2. The van der Waals surface area contributed by atoms with Crippen molar-refractivity contribution in [3.63, 3.8) is 0 Å². The summed E-state index contributed by atoms with van der Waals surface area (Å²) in [5.41, 5.74) is 0.836. The van der Waals surface area contributed by atoms with Gasteiger partial charge in [-0.15, -0.1) is 0 Å². The number of hydrogen-bond donors (Lipinski definition) is 1. The Kier molecular flexibility index (Phi) is 4.45. The number of hydrogen-bond acceptors (Lipinski definition) is 3. The summed E-state index contributed by atoms with van der Waals surface area (Å²) in [6, 6.07) is 3.72. The van der Waals surface area contributed by atoms with Gasteiger partial charge in [0.15, 0.2) is 0 Å². The first-order valence-corrected chi connectivity index (χ1v) is 8.11. The minimum absolute atomic E-state index is 0.0683. The molecule has 2 aliphatic heterocycles. The maximum atomic E-state index is 13.7. The quantitative estimate of drug-likeness (QED) is 0.855. The zero-order valence-electron chi connectivity index (χ0n) is 13.7. The number of ether oxygens (including phenoxy) is 1. The Morgan fingerprint density at radius 1 is 1.25 bits per heavy atom. The highest BCUT2D eigenvalue weighted by molar-refractivity contribution is 5.95. The molecular weight excluding hydrogens is 315 g/mol. The minimum Gasteiger partial charge on any atom is -0.481 e. The summed E-state index contributed by atoms with van der Waals surface area (Å²) in [4.78, 5) is 27.5. The van der Waals surface area contributed by atoms with Crippen molar-refractivity contribution < 1.29 is 23.8 Å². The molecule has 1 aromatic rings. The predicted octanol–water partition coefficient (Wildman–Crippen LogP) is 2.43. The zero-order valence-corrected chi connectivity index (χ0v) is 13.7. The van der Waals surface area contributed by atoms with E-state index in [4.69, 9.17) is 4.74 Å². The molecule has 6 nitrogen and oxygen atoms in total. The van der Waals surface area contributed by atoms with Crippen molar-refractivity contribution in [2.75, 3.05) is 24.5 Å². The van der Waals surface area contributed by atoms with E-state index in [1.807, 2.05) is 13.8 Å². The third-order valence-electron chi connectivity index (χ3n) is 4.52. The second kappa shape index (κ2) is 6.39. The van der Waals surface area contributed by atoms with E-state index < -0.39 is 17.7 Å². The van der Waals surface area contributed by atoms with Gasteiger partial charge in [-0.05, 0) is 38.0 Å². The number of urea groups is 1. The van der Waals surface area contributed by atoms with E-state index in [9.17, 15) is 19.1 Å². The van der Waals surface area contributed by atoms with Crippen molar-refractivity contribution in [3.05, 3.63) is 29.6 Å². The van der Waals surface area contributed by atoms with Crippen LogP contribution in [0, 0.1) is 5.82 Å². The first kappa shape index (κ1) is 16.7. The molecule has 3 rings (SSSR count). The number of fused-ring (bicyclic) bond motifs is 1. The number of aliphatic carboxylic acids is 1. The zero-order chi connectivity index (χ0) is 17.4. The van der Waals surface area contributed by atoms with Gasteiger partial charge in [0, 0.05) is 19.6 Å². The molecular formula is C17H21FN2O4. The number of rotatable bonds is 1. The van der Waals surface area contributed by atoms with E-state index in [1.54, 1.807) is 4.90 Å². The summed E-state index contributed by atoms with van der Waals surface area (Å²) in [5.74, 6) is -2.16. The van der Waals surface area contributed by atoms with Gasteiger partial charge in [-0.2, -0.15) is 0 Å². The first-order valence-electron chi connectivity index (χ1n) is 8.11. The van der Waals surface area contributed by atoms with E-state index in [1.165, 1.54) is 23.1 Å². The van der Waals surface area contributed by atoms with Crippen LogP contribution < -0.4 is 4.90 Å². The lowest BCUT2D eigenvalue weighted by molar-refractivity contribution is -0.139. The van der Waals surface area contributed by atoms with Gasteiger partial charge in [0.2, 0.25) is 0 Å². The maximum absolute atomic E-state index is 13.7. The van der Waals surface area contributed by atoms with E-state index in [0.717, 1.165) is 0 Å². The van der Waals surface area contributed by atoms with E-state index in [0.29, 0.717) is 30.8 Å². The molecule has 3 atom stereocenters. The number of morpholine rings is 1. The van der Waals surface area contributed by atoms with E-state index in [2.05, 4.69) is 0 Å². The monoisotopic (exact) mass is 336 g/mol. The van der Waals surface area contributed by atoms with Crippen molar-refractivity contribution in [2.24, 2.45) is 0 Å². The third-order valence-corrected chi connectivity index (χ3v) is 4.52. The fraction of sp³-hybridized carbons (Fsp3) is 0.529. The standard InChI is InChI=1S/C17H21FN2O4/c1-10-8-19(9-11(2)24-10)17(23)20-6-5-14(16(21)22)13-4-3-12(18)7-15(13)20/h3-4,7,10-11,14H,5-6,8-9H2,1-2H3,(H,21,22)/t10-,11+,14?. The van der Waals surface area contributed by atoms with Gasteiger partial charge in [0.25, 0.3) is 0 Å². The van der Waals surface area contributed by atoms with Crippen LogP contribution in [0.2, 0.25) is 0 Å². The molecule has 1 aromatic carbocycles.